The molecule has 3 aromatic rings. The third kappa shape index (κ3) is 5.78. The summed E-state index contributed by atoms with van der Waals surface area (Å²) in [6, 6.07) is 16.0. The molecule has 6 nitrogen and oxygen atoms in total. The molecule has 1 aliphatic heterocycles. The number of piperazine rings is 1. The van der Waals surface area contributed by atoms with Gasteiger partial charge in [0.25, 0.3) is 0 Å². The lowest BCUT2D eigenvalue weighted by atomic mass is 10.1. The van der Waals surface area contributed by atoms with Crippen LogP contribution in [-0.4, -0.2) is 48.0 Å². The molecule has 1 fully saturated rings. The summed E-state index contributed by atoms with van der Waals surface area (Å²) in [6.07, 6.45) is 0. The zero-order chi connectivity index (χ0) is 23.4. The van der Waals surface area contributed by atoms with Gasteiger partial charge in [0, 0.05) is 31.9 Å². The Morgan fingerprint density at radius 1 is 0.970 bits per heavy atom. The molecule has 0 saturated carbocycles. The van der Waals surface area contributed by atoms with Gasteiger partial charge in [-0.15, -0.1) is 10.2 Å². The number of aromatic nitrogens is 2. The summed E-state index contributed by atoms with van der Waals surface area (Å²) in [7, 11) is 0. The van der Waals surface area contributed by atoms with Crippen molar-refractivity contribution in [1.82, 2.24) is 10.2 Å². The van der Waals surface area contributed by atoms with E-state index in [1.54, 1.807) is 0 Å². The van der Waals surface area contributed by atoms with E-state index in [1.165, 1.54) is 17.3 Å². The number of nitrogens with zero attached hydrogens (tertiary/aromatic N) is 4. The maximum Gasteiger partial charge on any atom is 0.234 e. The van der Waals surface area contributed by atoms with E-state index < -0.39 is 0 Å². The monoisotopic (exact) mass is 481 g/mol. The van der Waals surface area contributed by atoms with Crippen molar-refractivity contribution in [2.75, 3.05) is 47.0 Å². The summed E-state index contributed by atoms with van der Waals surface area (Å²) in [6.45, 7) is 9.54. The number of carbonyl (C=O) groups is 1. The molecule has 0 atom stereocenters. The van der Waals surface area contributed by atoms with Crippen molar-refractivity contribution in [3.63, 3.8) is 0 Å². The Bertz CT molecular complexity index is 1110. The Balaban J connectivity index is 1.28. The van der Waals surface area contributed by atoms with E-state index >= 15 is 0 Å². The van der Waals surface area contributed by atoms with Crippen LogP contribution in [0.2, 0.25) is 5.02 Å². The second kappa shape index (κ2) is 10.4. The second-order valence-corrected chi connectivity index (χ2v) is 9.67. The Kier molecular flexibility index (Phi) is 7.40. The molecule has 0 spiro atoms. The highest BCUT2D eigenvalue weighted by atomic mass is 35.5. The zero-order valence-electron chi connectivity index (χ0n) is 19.1. The lowest BCUT2D eigenvalue weighted by molar-refractivity contribution is -0.113. The van der Waals surface area contributed by atoms with Crippen LogP contribution in [0.4, 0.5) is 17.2 Å². The van der Waals surface area contributed by atoms with Crippen LogP contribution in [0.1, 0.15) is 16.7 Å². The van der Waals surface area contributed by atoms with Gasteiger partial charge in [0.05, 0.1) is 16.5 Å². The number of amides is 1. The number of aryl methyl sites for hydroxylation is 3. The summed E-state index contributed by atoms with van der Waals surface area (Å²) >= 11 is 7.73. The fourth-order valence-electron chi connectivity index (χ4n) is 4.14. The normalized spacial score (nSPS) is 13.8. The van der Waals surface area contributed by atoms with E-state index in [9.17, 15) is 4.79 Å². The fraction of sp³-hybridized carbons (Fsp3) is 0.320. The Morgan fingerprint density at radius 2 is 1.64 bits per heavy atom. The molecule has 2 heterocycles. The van der Waals surface area contributed by atoms with Gasteiger partial charge in [0.15, 0.2) is 5.82 Å². The van der Waals surface area contributed by atoms with E-state index in [0.29, 0.717) is 0 Å². The number of hydrogen-bond acceptors (Lipinski definition) is 6. The highest BCUT2D eigenvalue weighted by molar-refractivity contribution is 7.99. The van der Waals surface area contributed by atoms with Gasteiger partial charge >= 0.3 is 0 Å². The van der Waals surface area contributed by atoms with E-state index in [0.717, 1.165) is 64.5 Å². The number of thioether (sulfide) groups is 1. The van der Waals surface area contributed by atoms with Crippen LogP contribution in [0.3, 0.4) is 0 Å². The molecule has 0 aliphatic carbocycles. The van der Waals surface area contributed by atoms with Crippen LogP contribution >= 0.6 is 23.4 Å². The molecule has 0 radical (unpaired) electrons. The fourth-order valence-corrected chi connectivity index (χ4v) is 5.00. The molecule has 1 N–H and O–H groups in total. The number of hydrogen-bond donors (Lipinski definition) is 1. The first kappa shape index (κ1) is 23.4. The molecule has 33 heavy (non-hydrogen) atoms. The van der Waals surface area contributed by atoms with Crippen molar-refractivity contribution in [3.05, 3.63) is 70.2 Å². The molecular weight excluding hydrogens is 454 g/mol. The first-order valence-corrected chi connectivity index (χ1v) is 12.4. The van der Waals surface area contributed by atoms with E-state index in [-0.39, 0.29) is 11.7 Å². The minimum Gasteiger partial charge on any atom is -0.367 e. The average Bonchev–Trinajstić information content (AvgIpc) is 2.81. The van der Waals surface area contributed by atoms with Gasteiger partial charge in [-0.1, -0.05) is 53.2 Å². The summed E-state index contributed by atoms with van der Waals surface area (Å²) < 4.78 is 0. The Labute approximate surface area is 204 Å². The van der Waals surface area contributed by atoms with Crippen molar-refractivity contribution < 1.29 is 4.79 Å². The predicted molar refractivity (Wildman–Crippen MR) is 138 cm³/mol. The maximum atomic E-state index is 12.5. The highest BCUT2D eigenvalue weighted by Gasteiger charge is 2.20. The standard InChI is InChI=1S/C25H28ClN5OS/c1-17-14-18(2)25(19(3)15-17)27-23(32)16-33-24-9-8-22(28-29-24)31-12-10-30(11-13-31)21-7-5-4-6-20(21)26/h4-9,14-15H,10-13,16H2,1-3H3,(H,27,32). The largest absolute Gasteiger partial charge is 0.367 e. The topological polar surface area (TPSA) is 61.4 Å². The number of carbonyl (C=O) groups excluding carboxylic acids is 1. The van der Waals surface area contributed by atoms with Crippen LogP contribution in [0, 0.1) is 20.8 Å². The molecule has 1 aromatic heterocycles. The summed E-state index contributed by atoms with van der Waals surface area (Å²) in [4.78, 5) is 17.0. The zero-order valence-corrected chi connectivity index (χ0v) is 20.7. The van der Waals surface area contributed by atoms with Crippen LogP contribution in [0.15, 0.2) is 53.6 Å². The van der Waals surface area contributed by atoms with Gasteiger partial charge in [-0.2, -0.15) is 0 Å². The summed E-state index contributed by atoms with van der Waals surface area (Å²) in [5.74, 6) is 1.10. The molecule has 172 valence electrons. The molecule has 1 aliphatic rings. The lowest BCUT2D eigenvalue weighted by Crippen LogP contribution is -2.47. The Morgan fingerprint density at radius 3 is 2.27 bits per heavy atom. The maximum absolute atomic E-state index is 12.5. The molecule has 4 rings (SSSR count). The van der Waals surface area contributed by atoms with Crippen molar-refractivity contribution >= 4 is 46.5 Å². The number of benzene rings is 2. The quantitative estimate of drug-likeness (QED) is 0.493. The van der Waals surface area contributed by atoms with Gasteiger partial charge in [0.1, 0.15) is 5.03 Å². The minimum atomic E-state index is -0.0448. The van der Waals surface area contributed by atoms with Crippen LogP contribution in [0.5, 0.6) is 0 Å². The first-order chi connectivity index (χ1) is 15.9. The molecule has 0 bridgehead atoms. The molecule has 1 amide bonds. The van der Waals surface area contributed by atoms with Gasteiger partial charge in [-0.3, -0.25) is 4.79 Å². The van der Waals surface area contributed by atoms with Crippen molar-refractivity contribution in [2.45, 2.75) is 25.8 Å². The number of nitrogens with one attached hydrogen (secondary N) is 1. The average molecular weight is 482 g/mol. The molecule has 8 heteroatoms. The lowest BCUT2D eigenvalue weighted by Gasteiger charge is -2.36. The summed E-state index contributed by atoms with van der Waals surface area (Å²) in [5, 5.41) is 13.3. The molecule has 0 unspecified atom stereocenters. The van der Waals surface area contributed by atoms with Gasteiger partial charge in [-0.25, -0.2) is 0 Å². The number of rotatable bonds is 6. The van der Waals surface area contributed by atoms with Crippen LogP contribution < -0.4 is 15.1 Å². The van der Waals surface area contributed by atoms with Crippen molar-refractivity contribution in [2.24, 2.45) is 0 Å². The van der Waals surface area contributed by atoms with Crippen molar-refractivity contribution in [1.29, 1.82) is 0 Å². The van der Waals surface area contributed by atoms with E-state index in [1.807, 2.05) is 44.2 Å². The predicted octanol–water partition coefficient (Wildman–Crippen LogP) is 5.11. The van der Waals surface area contributed by atoms with E-state index in [2.05, 4.69) is 50.4 Å². The van der Waals surface area contributed by atoms with Crippen molar-refractivity contribution in [3.8, 4) is 0 Å². The van der Waals surface area contributed by atoms with Gasteiger partial charge < -0.3 is 15.1 Å². The summed E-state index contributed by atoms with van der Waals surface area (Å²) in [5.41, 5.74) is 5.31. The number of para-hydroxylation sites is 1. The SMILES string of the molecule is Cc1cc(C)c(NC(=O)CSc2ccc(N3CCN(c4ccccc4Cl)CC3)nn2)c(C)c1. The number of anilines is 3. The van der Waals surface area contributed by atoms with Gasteiger partial charge in [-0.05, 0) is 56.2 Å². The third-order valence-electron chi connectivity index (χ3n) is 5.72. The van der Waals surface area contributed by atoms with Crippen LogP contribution in [-0.2, 0) is 4.79 Å². The molecule has 1 saturated heterocycles. The highest BCUT2D eigenvalue weighted by Crippen LogP contribution is 2.27. The molecule has 2 aromatic carbocycles. The third-order valence-corrected chi connectivity index (χ3v) is 6.96. The number of halogens is 1. The van der Waals surface area contributed by atoms with Gasteiger partial charge in [0.2, 0.25) is 5.91 Å². The minimum absolute atomic E-state index is 0.0448. The van der Waals surface area contributed by atoms with E-state index in [4.69, 9.17) is 11.6 Å². The van der Waals surface area contributed by atoms with Crippen LogP contribution in [0.25, 0.3) is 0 Å². The first-order valence-electron chi connectivity index (χ1n) is 11.0. The molecular formula is C25H28ClN5OS. The Hall–Kier alpha value is -2.77. The smallest absolute Gasteiger partial charge is 0.234 e. The second-order valence-electron chi connectivity index (χ2n) is 8.27.